The highest BCUT2D eigenvalue weighted by Gasteiger charge is 2.38. The molecule has 98 valence electrons. The predicted octanol–water partition coefficient (Wildman–Crippen LogP) is 2.15. The summed E-state index contributed by atoms with van der Waals surface area (Å²) in [6.07, 6.45) is 3.28. The van der Waals surface area contributed by atoms with Gasteiger partial charge >= 0.3 is 5.97 Å². The van der Waals surface area contributed by atoms with Crippen LogP contribution in [-0.2, 0) is 4.79 Å². The van der Waals surface area contributed by atoms with Gasteiger partial charge in [0.15, 0.2) is 0 Å². The summed E-state index contributed by atoms with van der Waals surface area (Å²) < 4.78 is 0. The lowest BCUT2D eigenvalue weighted by molar-refractivity contribution is -0.141. The van der Waals surface area contributed by atoms with Crippen molar-refractivity contribution in [2.24, 2.45) is 5.41 Å². The molecule has 1 saturated carbocycles. The molecule has 0 saturated heterocycles. The summed E-state index contributed by atoms with van der Waals surface area (Å²) >= 11 is 0. The van der Waals surface area contributed by atoms with Crippen LogP contribution in [0.1, 0.15) is 37.1 Å². The van der Waals surface area contributed by atoms with Crippen LogP contribution < -0.4 is 5.32 Å². The Morgan fingerprint density at radius 3 is 2.44 bits per heavy atom. The summed E-state index contributed by atoms with van der Waals surface area (Å²) in [4.78, 5) is 19.5. The molecule has 1 aliphatic rings. The average molecular weight is 249 g/mol. The van der Waals surface area contributed by atoms with Gasteiger partial charge in [-0.15, -0.1) is 0 Å². The van der Waals surface area contributed by atoms with Crippen LogP contribution in [-0.4, -0.2) is 27.6 Å². The Kier molecular flexibility index (Phi) is 3.50. The topological polar surface area (TPSA) is 75.1 Å². The second-order valence-electron chi connectivity index (χ2n) is 5.25. The first kappa shape index (κ1) is 12.8. The third-order valence-electron chi connectivity index (χ3n) is 3.54. The Morgan fingerprint density at radius 2 is 2.00 bits per heavy atom. The largest absolute Gasteiger partial charge is 0.481 e. The number of rotatable bonds is 5. The molecular formula is C13H19N3O2. The van der Waals surface area contributed by atoms with Gasteiger partial charge in [-0.3, -0.25) is 4.79 Å². The van der Waals surface area contributed by atoms with Crippen LogP contribution in [0.3, 0.4) is 0 Å². The number of carboxylic acid groups (broad SMARTS) is 1. The first-order chi connectivity index (χ1) is 8.49. The molecule has 1 aliphatic carbocycles. The molecule has 0 aliphatic heterocycles. The number of hydrogen-bond donors (Lipinski definition) is 2. The van der Waals surface area contributed by atoms with Crippen molar-refractivity contribution >= 4 is 11.9 Å². The van der Waals surface area contributed by atoms with Gasteiger partial charge in [0.05, 0.1) is 6.42 Å². The van der Waals surface area contributed by atoms with E-state index in [2.05, 4.69) is 15.3 Å². The minimum atomic E-state index is -0.724. The lowest BCUT2D eigenvalue weighted by Gasteiger charge is -2.40. The predicted molar refractivity (Wildman–Crippen MR) is 68.5 cm³/mol. The Labute approximate surface area is 107 Å². The fraction of sp³-hybridized carbons (Fsp3) is 0.615. The Hall–Kier alpha value is -1.65. The second-order valence-corrected chi connectivity index (χ2v) is 5.25. The number of hydrogen-bond acceptors (Lipinski definition) is 4. The number of nitrogens with one attached hydrogen (secondary N) is 1. The highest BCUT2D eigenvalue weighted by atomic mass is 16.4. The summed E-state index contributed by atoms with van der Waals surface area (Å²) in [6.45, 7) is 4.49. The van der Waals surface area contributed by atoms with E-state index in [1.807, 2.05) is 19.9 Å². The van der Waals surface area contributed by atoms with E-state index in [-0.39, 0.29) is 11.8 Å². The third kappa shape index (κ3) is 2.97. The van der Waals surface area contributed by atoms with Crippen molar-refractivity contribution in [1.82, 2.24) is 9.97 Å². The molecule has 5 nitrogen and oxygen atoms in total. The SMILES string of the molecule is Cc1cc(C)nc(NCC2(CC(=O)O)CCC2)n1. The molecule has 1 aromatic rings. The number of carboxylic acids is 1. The molecule has 2 rings (SSSR count). The highest BCUT2D eigenvalue weighted by Crippen LogP contribution is 2.43. The molecule has 1 aromatic heterocycles. The van der Waals surface area contributed by atoms with E-state index < -0.39 is 5.97 Å². The minimum absolute atomic E-state index is 0.104. The zero-order valence-electron chi connectivity index (χ0n) is 10.9. The van der Waals surface area contributed by atoms with E-state index in [0.29, 0.717) is 12.5 Å². The van der Waals surface area contributed by atoms with Crippen LogP contribution in [0.15, 0.2) is 6.07 Å². The molecule has 0 unspecified atom stereocenters. The number of nitrogens with zero attached hydrogens (tertiary/aromatic N) is 2. The number of anilines is 1. The van der Waals surface area contributed by atoms with E-state index in [1.54, 1.807) is 0 Å². The summed E-state index contributed by atoms with van der Waals surface area (Å²) in [6, 6.07) is 1.92. The van der Waals surface area contributed by atoms with Crippen LogP contribution >= 0.6 is 0 Å². The van der Waals surface area contributed by atoms with Crippen molar-refractivity contribution in [3.05, 3.63) is 17.5 Å². The van der Waals surface area contributed by atoms with Gasteiger partial charge < -0.3 is 10.4 Å². The van der Waals surface area contributed by atoms with Crippen molar-refractivity contribution in [3.63, 3.8) is 0 Å². The van der Waals surface area contributed by atoms with Crippen molar-refractivity contribution in [2.75, 3.05) is 11.9 Å². The molecular weight excluding hydrogens is 230 g/mol. The van der Waals surface area contributed by atoms with Crippen molar-refractivity contribution in [3.8, 4) is 0 Å². The highest BCUT2D eigenvalue weighted by molar-refractivity contribution is 5.68. The lowest BCUT2D eigenvalue weighted by atomic mass is 9.66. The lowest BCUT2D eigenvalue weighted by Crippen LogP contribution is -2.38. The summed E-state index contributed by atoms with van der Waals surface area (Å²) in [5, 5.41) is 12.1. The molecule has 0 aromatic carbocycles. The molecule has 0 amide bonds. The number of aryl methyl sites for hydroxylation is 2. The maximum Gasteiger partial charge on any atom is 0.303 e. The maximum atomic E-state index is 10.9. The third-order valence-corrected chi connectivity index (χ3v) is 3.54. The monoisotopic (exact) mass is 249 g/mol. The molecule has 2 N–H and O–H groups in total. The van der Waals surface area contributed by atoms with Gasteiger partial charge in [-0.05, 0) is 38.2 Å². The van der Waals surface area contributed by atoms with Crippen LogP contribution in [0.4, 0.5) is 5.95 Å². The van der Waals surface area contributed by atoms with Gasteiger partial charge in [0.25, 0.3) is 0 Å². The standard InChI is InChI=1S/C13H19N3O2/c1-9-6-10(2)16-12(15-9)14-8-13(4-3-5-13)7-11(17)18/h6H,3-5,7-8H2,1-2H3,(H,17,18)(H,14,15,16). The number of aliphatic carboxylic acids is 1. The Bertz CT molecular complexity index is 435. The molecule has 0 bridgehead atoms. The van der Waals surface area contributed by atoms with Crippen molar-refractivity contribution < 1.29 is 9.90 Å². The van der Waals surface area contributed by atoms with Crippen LogP contribution in [0.2, 0.25) is 0 Å². The Balaban J connectivity index is 1.99. The molecule has 5 heteroatoms. The molecule has 1 heterocycles. The zero-order valence-corrected chi connectivity index (χ0v) is 10.9. The van der Waals surface area contributed by atoms with Gasteiger partial charge in [0.2, 0.25) is 5.95 Å². The summed E-state index contributed by atoms with van der Waals surface area (Å²) in [5.74, 6) is -0.123. The van der Waals surface area contributed by atoms with Gasteiger partial charge in [-0.25, -0.2) is 9.97 Å². The summed E-state index contributed by atoms with van der Waals surface area (Å²) in [7, 11) is 0. The van der Waals surface area contributed by atoms with E-state index in [0.717, 1.165) is 30.7 Å². The Morgan fingerprint density at radius 1 is 1.39 bits per heavy atom. The van der Waals surface area contributed by atoms with Gasteiger partial charge in [-0.2, -0.15) is 0 Å². The molecule has 18 heavy (non-hydrogen) atoms. The number of aromatic nitrogens is 2. The first-order valence-corrected chi connectivity index (χ1v) is 6.27. The van der Waals surface area contributed by atoms with Crippen molar-refractivity contribution in [1.29, 1.82) is 0 Å². The van der Waals surface area contributed by atoms with Crippen LogP contribution in [0.5, 0.6) is 0 Å². The van der Waals surface area contributed by atoms with Gasteiger partial charge in [0, 0.05) is 17.9 Å². The average Bonchev–Trinajstić information content (AvgIpc) is 2.20. The fourth-order valence-corrected chi connectivity index (χ4v) is 2.49. The maximum absolute atomic E-state index is 10.9. The normalized spacial score (nSPS) is 17.0. The summed E-state index contributed by atoms with van der Waals surface area (Å²) in [5.41, 5.74) is 1.74. The molecule has 0 radical (unpaired) electrons. The fourth-order valence-electron chi connectivity index (χ4n) is 2.49. The zero-order chi connectivity index (χ0) is 13.2. The first-order valence-electron chi connectivity index (χ1n) is 6.27. The molecule has 0 atom stereocenters. The van der Waals surface area contributed by atoms with E-state index in [9.17, 15) is 4.79 Å². The second kappa shape index (κ2) is 4.92. The molecule has 0 spiro atoms. The van der Waals surface area contributed by atoms with Crippen LogP contribution in [0.25, 0.3) is 0 Å². The smallest absolute Gasteiger partial charge is 0.303 e. The van der Waals surface area contributed by atoms with E-state index >= 15 is 0 Å². The van der Waals surface area contributed by atoms with Gasteiger partial charge in [-0.1, -0.05) is 6.42 Å². The van der Waals surface area contributed by atoms with Crippen molar-refractivity contribution in [2.45, 2.75) is 39.5 Å². The van der Waals surface area contributed by atoms with E-state index in [1.165, 1.54) is 0 Å². The quantitative estimate of drug-likeness (QED) is 0.836. The van der Waals surface area contributed by atoms with Gasteiger partial charge in [0.1, 0.15) is 0 Å². The number of carbonyl (C=O) groups is 1. The minimum Gasteiger partial charge on any atom is -0.481 e. The van der Waals surface area contributed by atoms with Crippen LogP contribution in [0, 0.1) is 19.3 Å². The molecule has 1 fully saturated rings. The van der Waals surface area contributed by atoms with E-state index in [4.69, 9.17) is 5.11 Å².